The molecule has 0 aliphatic heterocycles. The predicted molar refractivity (Wildman–Crippen MR) is 77.3 cm³/mol. The maximum atomic E-state index is 12.2. The van der Waals surface area contributed by atoms with E-state index in [1.807, 2.05) is 0 Å². The second-order valence-electron chi connectivity index (χ2n) is 4.45. The summed E-state index contributed by atoms with van der Waals surface area (Å²) in [6.07, 6.45) is 2.99. The minimum absolute atomic E-state index is 0.0498. The van der Waals surface area contributed by atoms with Crippen molar-refractivity contribution in [2.24, 2.45) is 4.99 Å². The molecule has 0 fully saturated rings. The lowest BCUT2D eigenvalue weighted by atomic mass is 9.97. The molecule has 20 heavy (non-hydrogen) atoms. The molecule has 0 radical (unpaired) electrons. The van der Waals surface area contributed by atoms with E-state index in [-0.39, 0.29) is 11.7 Å². The quantitative estimate of drug-likeness (QED) is 0.776. The number of methoxy groups -OCH3 is 1. The van der Waals surface area contributed by atoms with E-state index in [0.717, 1.165) is 5.57 Å². The van der Waals surface area contributed by atoms with Gasteiger partial charge < -0.3 is 4.74 Å². The molecule has 0 unspecified atom stereocenters. The van der Waals surface area contributed by atoms with Crippen LogP contribution in [0.2, 0.25) is 0 Å². The topological polar surface area (TPSA) is 55.7 Å². The van der Waals surface area contributed by atoms with Crippen LogP contribution in [0.25, 0.3) is 0 Å². The molecular formula is C16H15NO3. The van der Waals surface area contributed by atoms with Crippen LogP contribution in [0.4, 0.5) is 0 Å². The molecule has 2 rings (SSSR count). The number of ketones is 1. The first-order chi connectivity index (χ1) is 9.54. The SMILES string of the molecule is COc1ccccc1C(=O)N=C1C=CC(=O)C(C)=C1C. The number of carbonyl (C=O) groups excluding carboxylic acids is 2. The van der Waals surface area contributed by atoms with Gasteiger partial charge in [-0.25, -0.2) is 4.99 Å². The van der Waals surface area contributed by atoms with Gasteiger partial charge in [0.25, 0.3) is 5.91 Å². The lowest BCUT2D eigenvalue weighted by Gasteiger charge is -2.11. The van der Waals surface area contributed by atoms with E-state index in [1.54, 1.807) is 44.2 Å². The molecule has 1 amide bonds. The molecule has 0 N–H and O–H groups in total. The number of aliphatic imine (C=N–C) groups is 1. The molecule has 102 valence electrons. The number of hydrogen-bond acceptors (Lipinski definition) is 3. The van der Waals surface area contributed by atoms with Crippen molar-refractivity contribution in [3.8, 4) is 5.75 Å². The first-order valence-electron chi connectivity index (χ1n) is 6.21. The fraction of sp³-hybridized carbons (Fsp3) is 0.188. The molecule has 0 saturated heterocycles. The van der Waals surface area contributed by atoms with Crippen molar-refractivity contribution in [3.63, 3.8) is 0 Å². The van der Waals surface area contributed by atoms with E-state index in [0.29, 0.717) is 22.6 Å². The minimum atomic E-state index is -0.386. The van der Waals surface area contributed by atoms with Crippen LogP contribution in [0.5, 0.6) is 5.75 Å². The summed E-state index contributed by atoms with van der Waals surface area (Å²) in [4.78, 5) is 27.8. The maximum absolute atomic E-state index is 12.2. The number of amides is 1. The van der Waals surface area contributed by atoms with Gasteiger partial charge in [0.1, 0.15) is 5.75 Å². The molecule has 1 aliphatic carbocycles. The van der Waals surface area contributed by atoms with E-state index in [1.165, 1.54) is 13.2 Å². The van der Waals surface area contributed by atoms with Crippen LogP contribution in [-0.2, 0) is 4.79 Å². The van der Waals surface area contributed by atoms with Crippen LogP contribution in [0.1, 0.15) is 24.2 Å². The highest BCUT2D eigenvalue weighted by Gasteiger charge is 2.17. The minimum Gasteiger partial charge on any atom is -0.496 e. The molecule has 4 nitrogen and oxygen atoms in total. The molecule has 0 saturated carbocycles. The summed E-state index contributed by atoms with van der Waals surface area (Å²) in [5.41, 5.74) is 2.25. The van der Waals surface area contributed by atoms with E-state index < -0.39 is 0 Å². The summed E-state index contributed by atoms with van der Waals surface area (Å²) >= 11 is 0. The highest BCUT2D eigenvalue weighted by atomic mass is 16.5. The third-order valence-corrected chi connectivity index (χ3v) is 3.27. The fourth-order valence-electron chi connectivity index (χ4n) is 1.89. The molecule has 0 atom stereocenters. The standard InChI is InChI=1S/C16H15NO3/c1-10-11(2)14(18)9-8-13(10)17-16(19)12-6-4-5-7-15(12)20-3/h4-9H,1-3H3. The van der Waals surface area contributed by atoms with Crippen LogP contribution in [-0.4, -0.2) is 24.5 Å². The van der Waals surface area contributed by atoms with Crippen molar-refractivity contribution in [2.45, 2.75) is 13.8 Å². The summed E-state index contributed by atoms with van der Waals surface area (Å²) in [5, 5.41) is 0. The maximum Gasteiger partial charge on any atom is 0.281 e. The van der Waals surface area contributed by atoms with Gasteiger partial charge >= 0.3 is 0 Å². The van der Waals surface area contributed by atoms with Crippen LogP contribution < -0.4 is 4.74 Å². The first kappa shape index (κ1) is 13.9. The number of hydrogen-bond donors (Lipinski definition) is 0. The average Bonchev–Trinajstić information content (AvgIpc) is 2.47. The zero-order valence-corrected chi connectivity index (χ0v) is 11.6. The van der Waals surface area contributed by atoms with Crippen LogP contribution in [0.3, 0.4) is 0 Å². The van der Waals surface area contributed by atoms with Gasteiger partial charge in [0.2, 0.25) is 0 Å². The van der Waals surface area contributed by atoms with Crippen molar-refractivity contribution < 1.29 is 14.3 Å². The monoisotopic (exact) mass is 269 g/mol. The number of rotatable bonds is 2. The molecular weight excluding hydrogens is 254 g/mol. The fourth-order valence-corrected chi connectivity index (χ4v) is 1.89. The Labute approximate surface area is 117 Å². The number of ether oxygens (including phenoxy) is 1. The molecule has 1 aromatic carbocycles. The normalized spacial score (nSPS) is 16.8. The van der Waals surface area contributed by atoms with Gasteiger partial charge in [0, 0.05) is 5.57 Å². The Morgan fingerprint density at radius 2 is 1.80 bits per heavy atom. The summed E-state index contributed by atoms with van der Waals surface area (Å²) in [7, 11) is 1.51. The van der Waals surface area contributed by atoms with Gasteiger partial charge in [0.15, 0.2) is 5.78 Å². The van der Waals surface area contributed by atoms with Crippen molar-refractivity contribution in [1.29, 1.82) is 0 Å². The Kier molecular flexibility index (Phi) is 3.94. The van der Waals surface area contributed by atoms with Gasteiger partial charge in [-0.2, -0.15) is 0 Å². The zero-order valence-electron chi connectivity index (χ0n) is 11.6. The molecule has 0 spiro atoms. The number of nitrogens with zero attached hydrogens (tertiary/aromatic N) is 1. The molecule has 0 heterocycles. The number of para-hydroxylation sites is 1. The molecule has 1 aromatic rings. The molecule has 1 aliphatic rings. The third-order valence-electron chi connectivity index (χ3n) is 3.27. The van der Waals surface area contributed by atoms with Crippen molar-refractivity contribution >= 4 is 17.4 Å². The zero-order chi connectivity index (χ0) is 14.7. The third kappa shape index (κ3) is 2.59. The van der Waals surface area contributed by atoms with Crippen molar-refractivity contribution in [2.75, 3.05) is 7.11 Å². The van der Waals surface area contributed by atoms with Gasteiger partial charge in [-0.1, -0.05) is 12.1 Å². The summed E-state index contributed by atoms with van der Waals surface area (Å²) in [5.74, 6) is 0.0471. The predicted octanol–water partition coefficient (Wildman–Crippen LogP) is 2.75. The largest absolute Gasteiger partial charge is 0.496 e. The van der Waals surface area contributed by atoms with Crippen molar-refractivity contribution in [3.05, 3.63) is 53.1 Å². The average molecular weight is 269 g/mol. The Bertz CT molecular complexity index is 666. The Morgan fingerprint density at radius 3 is 2.50 bits per heavy atom. The van der Waals surface area contributed by atoms with Gasteiger partial charge in [-0.3, -0.25) is 9.59 Å². The van der Waals surface area contributed by atoms with E-state index in [4.69, 9.17) is 4.74 Å². The van der Waals surface area contributed by atoms with Crippen LogP contribution in [0, 0.1) is 0 Å². The van der Waals surface area contributed by atoms with Gasteiger partial charge in [0.05, 0.1) is 18.4 Å². The highest BCUT2D eigenvalue weighted by Crippen LogP contribution is 2.20. The molecule has 4 heteroatoms. The number of allylic oxidation sites excluding steroid dienone is 4. The Morgan fingerprint density at radius 1 is 1.10 bits per heavy atom. The lowest BCUT2D eigenvalue weighted by molar-refractivity contribution is -0.111. The summed E-state index contributed by atoms with van der Waals surface area (Å²) in [6, 6.07) is 6.91. The summed E-state index contributed by atoms with van der Waals surface area (Å²) in [6.45, 7) is 3.51. The summed E-state index contributed by atoms with van der Waals surface area (Å²) < 4.78 is 5.15. The van der Waals surface area contributed by atoms with E-state index in [2.05, 4.69) is 4.99 Å². The molecule has 0 bridgehead atoms. The first-order valence-corrected chi connectivity index (χ1v) is 6.21. The smallest absolute Gasteiger partial charge is 0.281 e. The number of carbonyl (C=O) groups is 2. The van der Waals surface area contributed by atoms with Gasteiger partial charge in [-0.15, -0.1) is 0 Å². The lowest BCUT2D eigenvalue weighted by Crippen LogP contribution is -2.13. The second kappa shape index (κ2) is 5.65. The van der Waals surface area contributed by atoms with Crippen LogP contribution in [0.15, 0.2) is 52.6 Å². The van der Waals surface area contributed by atoms with Crippen molar-refractivity contribution in [1.82, 2.24) is 0 Å². The Balaban J connectivity index is 2.39. The molecule has 0 aromatic heterocycles. The second-order valence-corrected chi connectivity index (χ2v) is 4.45. The van der Waals surface area contributed by atoms with E-state index >= 15 is 0 Å². The Hall–Kier alpha value is -2.49. The highest BCUT2D eigenvalue weighted by molar-refractivity contribution is 6.24. The number of benzene rings is 1. The van der Waals surface area contributed by atoms with E-state index in [9.17, 15) is 9.59 Å². The van der Waals surface area contributed by atoms with Gasteiger partial charge in [-0.05, 0) is 43.7 Å². The van der Waals surface area contributed by atoms with Crippen LogP contribution >= 0.6 is 0 Å².